The van der Waals surface area contributed by atoms with Crippen molar-refractivity contribution in [3.05, 3.63) is 0 Å². The highest BCUT2D eigenvalue weighted by atomic mass is 15.2. The van der Waals surface area contributed by atoms with E-state index in [4.69, 9.17) is 5.73 Å². The molecular weight excluding hydrogens is 196 g/mol. The van der Waals surface area contributed by atoms with Crippen LogP contribution in [-0.4, -0.2) is 30.6 Å². The van der Waals surface area contributed by atoms with Crippen LogP contribution in [0.15, 0.2) is 0 Å². The van der Waals surface area contributed by atoms with Crippen LogP contribution in [0.25, 0.3) is 0 Å². The summed E-state index contributed by atoms with van der Waals surface area (Å²) in [5.41, 5.74) is 6.44. The summed E-state index contributed by atoms with van der Waals surface area (Å²) in [6.07, 6.45) is 12.6. The quantitative estimate of drug-likeness (QED) is 0.744. The van der Waals surface area contributed by atoms with Crippen molar-refractivity contribution >= 4 is 0 Å². The molecular formula is C14H28N2. The summed E-state index contributed by atoms with van der Waals surface area (Å²) >= 11 is 0. The Bertz CT molecular complexity index is 203. The van der Waals surface area contributed by atoms with Gasteiger partial charge in [-0.25, -0.2) is 0 Å². The summed E-state index contributed by atoms with van der Waals surface area (Å²) in [6, 6.07) is 0. The highest BCUT2D eigenvalue weighted by Crippen LogP contribution is 2.34. The van der Waals surface area contributed by atoms with E-state index < -0.39 is 0 Å². The van der Waals surface area contributed by atoms with Crippen LogP contribution < -0.4 is 5.73 Å². The minimum Gasteiger partial charge on any atom is -0.329 e. The van der Waals surface area contributed by atoms with Gasteiger partial charge in [-0.05, 0) is 38.6 Å². The maximum absolute atomic E-state index is 6.10. The van der Waals surface area contributed by atoms with Crippen LogP contribution >= 0.6 is 0 Å². The van der Waals surface area contributed by atoms with Crippen LogP contribution in [0.2, 0.25) is 0 Å². The lowest BCUT2D eigenvalue weighted by atomic mass is 9.82. The third-order valence-corrected chi connectivity index (χ3v) is 4.98. The fourth-order valence-electron chi connectivity index (χ4n) is 3.38. The van der Waals surface area contributed by atoms with Gasteiger partial charge in [0, 0.05) is 18.6 Å². The number of rotatable bonds is 4. The summed E-state index contributed by atoms with van der Waals surface area (Å²) in [5, 5.41) is 0. The van der Waals surface area contributed by atoms with Crippen molar-refractivity contribution in [3.63, 3.8) is 0 Å². The standard InChI is InChI=1S/C14H28N2/c1-16(11-13-7-6-8-13)14(12-15)9-4-2-3-5-10-14/h13H,2-12,15H2,1H3. The van der Waals surface area contributed by atoms with E-state index in [1.54, 1.807) is 0 Å². The fraction of sp³-hybridized carbons (Fsp3) is 1.00. The van der Waals surface area contributed by atoms with E-state index in [1.165, 1.54) is 64.3 Å². The molecule has 0 bridgehead atoms. The van der Waals surface area contributed by atoms with E-state index in [0.717, 1.165) is 12.5 Å². The van der Waals surface area contributed by atoms with Crippen LogP contribution in [0.3, 0.4) is 0 Å². The minimum atomic E-state index is 0.339. The van der Waals surface area contributed by atoms with E-state index >= 15 is 0 Å². The normalized spacial score (nSPS) is 26.4. The molecule has 2 fully saturated rings. The van der Waals surface area contributed by atoms with Crippen molar-refractivity contribution in [2.45, 2.75) is 63.3 Å². The molecule has 0 aliphatic heterocycles. The maximum atomic E-state index is 6.10. The molecule has 0 aromatic heterocycles. The Hall–Kier alpha value is -0.0800. The summed E-state index contributed by atoms with van der Waals surface area (Å²) in [7, 11) is 2.32. The molecule has 2 aliphatic carbocycles. The SMILES string of the molecule is CN(CC1CCC1)C1(CN)CCCCCC1. The zero-order valence-electron chi connectivity index (χ0n) is 10.9. The molecule has 2 aliphatic rings. The molecule has 0 atom stereocenters. The first-order valence-electron chi connectivity index (χ1n) is 7.18. The highest BCUT2D eigenvalue weighted by molar-refractivity contribution is 4.93. The van der Waals surface area contributed by atoms with Crippen LogP contribution in [0.1, 0.15) is 57.8 Å². The first kappa shape index (κ1) is 12.4. The topological polar surface area (TPSA) is 29.3 Å². The number of likely N-dealkylation sites (N-methyl/N-ethyl adjacent to an activating group) is 1. The molecule has 94 valence electrons. The summed E-state index contributed by atoms with van der Waals surface area (Å²) in [6.45, 7) is 2.15. The van der Waals surface area contributed by atoms with Gasteiger partial charge in [0.05, 0.1) is 0 Å². The molecule has 0 radical (unpaired) electrons. The van der Waals surface area contributed by atoms with Gasteiger partial charge in [0.15, 0.2) is 0 Å². The van der Waals surface area contributed by atoms with Crippen molar-refractivity contribution in [1.29, 1.82) is 0 Å². The van der Waals surface area contributed by atoms with Crippen molar-refractivity contribution in [2.24, 2.45) is 11.7 Å². The van der Waals surface area contributed by atoms with Crippen molar-refractivity contribution in [1.82, 2.24) is 4.90 Å². The third kappa shape index (κ3) is 2.60. The fourth-order valence-corrected chi connectivity index (χ4v) is 3.38. The van der Waals surface area contributed by atoms with Crippen LogP contribution in [0.4, 0.5) is 0 Å². The average Bonchev–Trinajstić information content (AvgIpc) is 2.49. The van der Waals surface area contributed by atoms with E-state index in [-0.39, 0.29) is 0 Å². The van der Waals surface area contributed by atoms with Crippen LogP contribution in [-0.2, 0) is 0 Å². The molecule has 2 saturated carbocycles. The lowest BCUT2D eigenvalue weighted by Crippen LogP contribution is -2.53. The number of nitrogens with two attached hydrogens (primary N) is 1. The van der Waals surface area contributed by atoms with Crippen LogP contribution in [0.5, 0.6) is 0 Å². The molecule has 0 heterocycles. The van der Waals surface area contributed by atoms with Gasteiger partial charge in [-0.3, -0.25) is 4.90 Å². The molecule has 0 spiro atoms. The number of hydrogen-bond donors (Lipinski definition) is 1. The van der Waals surface area contributed by atoms with Crippen molar-refractivity contribution in [3.8, 4) is 0 Å². The van der Waals surface area contributed by atoms with Gasteiger partial charge in [0.2, 0.25) is 0 Å². The Morgan fingerprint density at radius 3 is 2.12 bits per heavy atom. The van der Waals surface area contributed by atoms with Gasteiger partial charge in [0.1, 0.15) is 0 Å². The maximum Gasteiger partial charge on any atom is 0.0328 e. The number of hydrogen-bond acceptors (Lipinski definition) is 2. The van der Waals surface area contributed by atoms with Crippen molar-refractivity contribution in [2.75, 3.05) is 20.1 Å². The Labute approximate surface area is 101 Å². The monoisotopic (exact) mass is 224 g/mol. The largest absolute Gasteiger partial charge is 0.329 e. The van der Waals surface area contributed by atoms with Gasteiger partial charge in [-0.1, -0.05) is 32.1 Å². The Balaban J connectivity index is 1.93. The second-order valence-electron chi connectivity index (χ2n) is 6.02. The molecule has 2 nitrogen and oxygen atoms in total. The first-order chi connectivity index (χ1) is 7.77. The smallest absolute Gasteiger partial charge is 0.0328 e. The first-order valence-corrected chi connectivity index (χ1v) is 7.18. The molecule has 2 heteroatoms. The predicted molar refractivity (Wildman–Crippen MR) is 69.5 cm³/mol. The summed E-state index contributed by atoms with van der Waals surface area (Å²) in [5.74, 6) is 0.969. The van der Waals surface area contributed by atoms with Gasteiger partial charge >= 0.3 is 0 Å². The lowest BCUT2D eigenvalue weighted by Gasteiger charge is -2.44. The second-order valence-corrected chi connectivity index (χ2v) is 6.02. The van der Waals surface area contributed by atoms with E-state index in [2.05, 4.69) is 11.9 Å². The average molecular weight is 224 g/mol. The van der Waals surface area contributed by atoms with Gasteiger partial charge in [0.25, 0.3) is 0 Å². The Kier molecular flexibility index (Phi) is 4.26. The zero-order valence-corrected chi connectivity index (χ0v) is 10.9. The molecule has 0 saturated heterocycles. The molecule has 0 aromatic rings. The highest BCUT2D eigenvalue weighted by Gasteiger charge is 2.35. The molecule has 16 heavy (non-hydrogen) atoms. The van der Waals surface area contributed by atoms with E-state index in [0.29, 0.717) is 5.54 Å². The minimum absolute atomic E-state index is 0.339. The molecule has 2 N–H and O–H groups in total. The van der Waals surface area contributed by atoms with Crippen molar-refractivity contribution < 1.29 is 0 Å². The van der Waals surface area contributed by atoms with Crippen LogP contribution in [0, 0.1) is 5.92 Å². The molecule has 2 rings (SSSR count). The molecule has 0 aromatic carbocycles. The van der Waals surface area contributed by atoms with E-state index in [9.17, 15) is 0 Å². The molecule has 0 amide bonds. The van der Waals surface area contributed by atoms with Gasteiger partial charge < -0.3 is 5.73 Å². The van der Waals surface area contributed by atoms with E-state index in [1.807, 2.05) is 0 Å². The Morgan fingerprint density at radius 1 is 1.06 bits per heavy atom. The Morgan fingerprint density at radius 2 is 1.69 bits per heavy atom. The zero-order chi connectivity index (χ0) is 11.4. The molecule has 0 unspecified atom stereocenters. The van der Waals surface area contributed by atoms with Gasteiger partial charge in [-0.15, -0.1) is 0 Å². The summed E-state index contributed by atoms with van der Waals surface area (Å²) < 4.78 is 0. The third-order valence-electron chi connectivity index (χ3n) is 4.98. The lowest BCUT2D eigenvalue weighted by molar-refractivity contribution is 0.0716. The predicted octanol–water partition coefficient (Wildman–Crippen LogP) is 2.77. The van der Waals surface area contributed by atoms with Gasteiger partial charge in [-0.2, -0.15) is 0 Å². The summed E-state index contributed by atoms with van der Waals surface area (Å²) in [4.78, 5) is 2.61. The number of nitrogens with zero attached hydrogens (tertiary/aromatic N) is 1. The second kappa shape index (κ2) is 5.50.